The lowest BCUT2D eigenvalue weighted by atomic mass is 9.83. The van der Waals surface area contributed by atoms with Gasteiger partial charge in [0.2, 0.25) is 0 Å². The summed E-state index contributed by atoms with van der Waals surface area (Å²) in [5, 5.41) is 49.0. The van der Waals surface area contributed by atoms with Gasteiger partial charge in [-0.25, -0.2) is 0 Å². The fourth-order valence-electron chi connectivity index (χ4n) is 5.77. The van der Waals surface area contributed by atoms with Crippen molar-refractivity contribution in [2.24, 2.45) is 0 Å². The first-order valence-corrected chi connectivity index (χ1v) is 13.1. The minimum atomic E-state index is -1.26. The summed E-state index contributed by atoms with van der Waals surface area (Å²) < 4.78 is 24.8. The Balaban J connectivity index is 1.78. The molecule has 0 bridgehead atoms. The van der Waals surface area contributed by atoms with Crippen LogP contribution in [0.3, 0.4) is 0 Å². The zero-order valence-electron chi connectivity index (χ0n) is 22.7. The molecule has 36 heavy (non-hydrogen) atoms. The predicted octanol–water partition coefficient (Wildman–Crippen LogP) is -2.55. The van der Waals surface area contributed by atoms with E-state index in [1.165, 1.54) is 0 Å². The molecule has 1 saturated carbocycles. The molecule has 3 rings (SSSR count). The van der Waals surface area contributed by atoms with Crippen LogP contribution in [0.25, 0.3) is 0 Å². The number of ether oxygens (including phenoxy) is 4. The highest BCUT2D eigenvalue weighted by Crippen LogP contribution is 2.33. The quantitative estimate of drug-likeness (QED) is 0.153. The number of hydrogen-bond acceptors (Lipinski definition) is 12. The summed E-state index contributed by atoms with van der Waals surface area (Å²) in [6, 6.07) is -0.896. The Morgan fingerprint density at radius 2 is 1.42 bits per heavy atom. The highest BCUT2D eigenvalue weighted by molar-refractivity contribution is 5.03. The third kappa shape index (κ3) is 6.38. The van der Waals surface area contributed by atoms with E-state index in [9.17, 15) is 15.3 Å². The van der Waals surface area contributed by atoms with Gasteiger partial charge >= 0.3 is 0 Å². The van der Waals surface area contributed by atoms with Crippen molar-refractivity contribution in [1.29, 1.82) is 0 Å². The zero-order chi connectivity index (χ0) is 26.6. The molecule has 212 valence electrons. The molecule has 0 amide bonds. The molecule has 0 spiro atoms. The van der Waals surface area contributed by atoms with Crippen LogP contribution in [0.2, 0.25) is 0 Å². The molecule has 8 N–H and O–H groups in total. The zero-order valence-corrected chi connectivity index (χ0v) is 22.7. The summed E-state index contributed by atoms with van der Waals surface area (Å²) in [7, 11) is 9.12. The van der Waals surface area contributed by atoms with Crippen LogP contribution in [0.1, 0.15) is 33.1 Å². The Hall–Kier alpha value is -0.480. The van der Waals surface area contributed by atoms with Crippen LogP contribution in [0.5, 0.6) is 0 Å². The Bertz CT molecular complexity index is 677. The van der Waals surface area contributed by atoms with Crippen LogP contribution < -0.4 is 26.6 Å². The van der Waals surface area contributed by atoms with Crippen LogP contribution in [0.4, 0.5) is 0 Å². The van der Waals surface area contributed by atoms with Gasteiger partial charge in [0.1, 0.15) is 30.0 Å². The van der Waals surface area contributed by atoms with E-state index in [1.807, 2.05) is 28.2 Å². The molecule has 0 aromatic rings. The first-order chi connectivity index (χ1) is 17.1. The summed E-state index contributed by atoms with van der Waals surface area (Å²) in [5.74, 6) is 0. The molecule has 3 fully saturated rings. The third-order valence-corrected chi connectivity index (χ3v) is 8.22. The second-order valence-corrected chi connectivity index (χ2v) is 10.6. The minimum absolute atomic E-state index is 0.00692. The van der Waals surface area contributed by atoms with E-state index in [-0.39, 0.29) is 36.9 Å². The van der Waals surface area contributed by atoms with Crippen LogP contribution in [0.15, 0.2) is 0 Å². The predicted molar refractivity (Wildman–Crippen MR) is 135 cm³/mol. The molecule has 1 aliphatic carbocycles. The molecule has 12 heteroatoms. The van der Waals surface area contributed by atoms with Crippen LogP contribution in [-0.2, 0) is 18.9 Å². The first-order valence-electron chi connectivity index (χ1n) is 13.1. The Morgan fingerprint density at radius 1 is 0.833 bits per heavy atom. The van der Waals surface area contributed by atoms with E-state index in [0.29, 0.717) is 6.42 Å². The van der Waals surface area contributed by atoms with Gasteiger partial charge in [-0.05, 0) is 68.3 Å². The van der Waals surface area contributed by atoms with Gasteiger partial charge < -0.3 is 60.9 Å². The fraction of sp³-hybridized carbons (Fsp3) is 1.00. The lowest BCUT2D eigenvalue weighted by Crippen LogP contribution is -2.69. The van der Waals surface area contributed by atoms with Crippen molar-refractivity contribution in [2.45, 2.75) is 112 Å². The molecule has 3 aliphatic rings. The largest absolute Gasteiger partial charge is 0.388 e. The smallest absolute Gasteiger partial charge is 0.185 e. The van der Waals surface area contributed by atoms with Crippen molar-refractivity contribution in [3.63, 3.8) is 0 Å². The molecule has 2 saturated heterocycles. The second-order valence-electron chi connectivity index (χ2n) is 10.6. The summed E-state index contributed by atoms with van der Waals surface area (Å²) in [5.41, 5.74) is -1.26. The van der Waals surface area contributed by atoms with E-state index >= 15 is 0 Å². The molecule has 0 aromatic heterocycles. The molecular formula is C24H49N5O7. The van der Waals surface area contributed by atoms with Crippen molar-refractivity contribution in [3.8, 4) is 0 Å². The Kier molecular flexibility index (Phi) is 10.9. The van der Waals surface area contributed by atoms with Crippen LogP contribution in [-0.4, -0.2) is 136 Å². The van der Waals surface area contributed by atoms with E-state index in [0.717, 1.165) is 12.8 Å². The van der Waals surface area contributed by atoms with Crippen molar-refractivity contribution in [2.75, 3.05) is 41.8 Å². The lowest BCUT2D eigenvalue weighted by Gasteiger charge is -2.49. The van der Waals surface area contributed by atoms with Crippen molar-refractivity contribution in [1.82, 2.24) is 26.6 Å². The average molecular weight is 520 g/mol. The summed E-state index contributed by atoms with van der Waals surface area (Å²) in [6.07, 6.45) is -2.71. The van der Waals surface area contributed by atoms with Crippen LogP contribution in [0, 0.1) is 0 Å². The van der Waals surface area contributed by atoms with Crippen molar-refractivity contribution < 1.29 is 34.3 Å². The fourth-order valence-corrected chi connectivity index (χ4v) is 5.77. The van der Waals surface area contributed by atoms with Crippen molar-refractivity contribution >= 4 is 0 Å². The monoisotopic (exact) mass is 519 g/mol. The summed E-state index contributed by atoms with van der Waals surface area (Å²) >= 11 is 0. The molecule has 0 aromatic carbocycles. The summed E-state index contributed by atoms with van der Waals surface area (Å²) in [6.45, 7) is 3.67. The Labute approximate surface area is 215 Å². The second kappa shape index (κ2) is 13.0. The first kappa shape index (κ1) is 30.1. The van der Waals surface area contributed by atoms with Gasteiger partial charge in [-0.15, -0.1) is 0 Å². The lowest BCUT2D eigenvalue weighted by molar-refractivity contribution is -0.309. The molecule has 12 nitrogen and oxygen atoms in total. The van der Waals surface area contributed by atoms with Gasteiger partial charge in [0.15, 0.2) is 12.6 Å². The van der Waals surface area contributed by atoms with Gasteiger partial charge in [-0.3, -0.25) is 0 Å². The molecule has 5 unspecified atom stereocenters. The number of nitrogens with one attached hydrogen (secondary N) is 5. The van der Waals surface area contributed by atoms with Gasteiger partial charge in [0, 0.05) is 18.1 Å². The van der Waals surface area contributed by atoms with E-state index in [1.54, 1.807) is 14.0 Å². The minimum Gasteiger partial charge on any atom is -0.388 e. The maximum Gasteiger partial charge on any atom is 0.185 e. The van der Waals surface area contributed by atoms with Crippen LogP contribution >= 0.6 is 0 Å². The molecule has 2 heterocycles. The topological polar surface area (TPSA) is 158 Å². The number of likely N-dealkylation sites (N-methyl/N-ethyl adjacent to an activating group) is 5. The van der Waals surface area contributed by atoms with Gasteiger partial charge in [-0.1, -0.05) is 0 Å². The molecule has 2 aliphatic heterocycles. The van der Waals surface area contributed by atoms with E-state index in [4.69, 9.17) is 18.9 Å². The highest BCUT2D eigenvalue weighted by atomic mass is 16.7. The molecule has 13 atom stereocenters. The highest BCUT2D eigenvalue weighted by Gasteiger charge is 2.51. The molecular weight excluding hydrogens is 470 g/mol. The van der Waals surface area contributed by atoms with Gasteiger partial charge in [0.05, 0.1) is 24.8 Å². The van der Waals surface area contributed by atoms with Gasteiger partial charge in [-0.2, -0.15) is 0 Å². The SMILES string of the molecule is CNC(C)C1CCC(NC)[C@@H](OC2C(NC)C[C@@H](NC)[C@@H](O[C@H]3OC[C@](C)(O)[C@@H](NC)[C@H]3O)[C@H]2O)O1. The number of aliphatic hydroxyl groups is 3. The Morgan fingerprint density at radius 3 is 1.94 bits per heavy atom. The average Bonchev–Trinajstić information content (AvgIpc) is 2.87. The summed E-state index contributed by atoms with van der Waals surface area (Å²) in [4.78, 5) is 0. The van der Waals surface area contributed by atoms with E-state index in [2.05, 4.69) is 33.5 Å². The number of rotatable bonds is 10. The van der Waals surface area contributed by atoms with Crippen molar-refractivity contribution in [3.05, 3.63) is 0 Å². The number of aliphatic hydroxyl groups excluding tert-OH is 2. The maximum atomic E-state index is 11.6. The normalized spacial score (nSPS) is 47.0. The molecule has 0 radical (unpaired) electrons. The van der Waals surface area contributed by atoms with Gasteiger partial charge in [0.25, 0.3) is 0 Å². The third-order valence-electron chi connectivity index (χ3n) is 8.22. The van der Waals surface area contributed by atoms with E-state index < -0.39 is 48.6 Å². The maximum absolute atomic E-state index is 11.6. The number of hydrogen-bond donors (Lipinski definition) is 8. The standard InChI is InChI=1S/C24H49N5O7/c1-12(25-3)16-9-8-13(26-4)22(34-16)35-19-14(27-5)10-15(28-6)20(17(19)30)36-23-18(31)21(29-7)24(2,32)11-33-23/h12-23,25-32H,8-11H2,1-7H3/t12?,13?,14?,15-,16?,17+,18-,19?,20-,21+,22-,23-,24+/m1/s1.